The molecule has 1 heterocycles. The third-order valence-electron chi connectivity index (χ3n) is 2.76. The summed E-state index contributed by atoms with van der Waals surface area (Å²) in [6, 6.07) is 6.30. The molecular formula is C14H12ClF2NO. The molecule has 0 aromatic heterocycles. The molecule has 1 aromatic rings. The Balaban J connectivity index is 2.39. The molecule has 0 radical (unpaired) electrons. The van der Waals surface area contributed by atoms with Crippen LogP contribution in [0.25, 0.3) is 5.70 Å². The first-order chi connectivity index (χ1) is 8.99. The fraction of sp³-hybridized carbons (Fsp3) is 0.143. The first kappa shape index (κ1) is 13.6. The van der Waals surface area contributed by atoms with E-state index in [4.69, 9.17) is 11.6 Å². The van der Waals surface area contributed by atoms with E-state index < -0.39 is 13.0 Å². The van der Waals surface area contributed by atoms with Crippen molar-refractivity contribution in [2.24, 2.45) is 0 Å². The van der Waals surface area contributed by atoms with Gasteiger partial charge in [0.15, 0.2) is 0 Å². The van der Waals surface area contributed by atoms with Crippen LogP contribution in [0, 0.1) is 0 Å². The number of halogens is 3. The maximum atomic E-state index is 12.7. The van der Waals surface area contributed by atoms with Crippen molar-refractivity contribution in [3.05, 3.63) is 59.3 Å². The molecule has 0 amide bonds. The van der Waals surface area contributed by atoms with E-state index in [-0.39, 0.29) is 5.75 Å². The number of alkyl halides is 2. The van der Waals surface area contributed by atoms with Gasteiger partial charge in [0.1, 0.15) is 5.75 Å². The first-order valence-corrected chi connectivity index (χ1v) is 5.98. The molecule has 0 saturated heterocycles. The number of benzene rings is 1. The molecular weight excluding hydrogens is 272 g/mol. The summed E-state index contributed by atoms with van der Waals surface area (Å²) >= 11 is 5.91. The molecule has 0 spiro atoms. The highest BCUT2D eigenvalue weighted by Crippen LogP contribution is 2.33. The number of nitrogens with zero attached hydrogens (tertiary/aromatic N) is 1. The predicted molar refractivity (Wildman–Crippen MR) is 71.9 cm³/mol. The summed E-state index contributed by atoms with van der Waals surface area (Å²) in [4.78, 5) is 1.37. The van der Waals surface area contributed by atoms with Gasteiger partial charge in [-0.05, 0) is 42.0 Å². The number of allylic oxidation sites excluding steroid dienone is 3. The number of hydrogen-bond acceptors (Lipinski definition) is 2. The van der Waals surface area contributed by atoms with Crippen LogP contribution in [0.15, 0.2) is 53.7 Å². The molecule has 0 aliphatic carbocycles. The van der Waals surface area contributed by atoms with E-state index in [1.165, 1.54) is 17.0 Å². The Morgan fingerprint density at radius 2 is 1.84 bits per heavy atom. The quantitative estimate of drug-likeness (QED) is 0.908. The smallest absolute Gasteiger partial charge is 0.256 e. The average molecular weight is 284 g/mol. The van der Waals surface area contributed by atoms with Gasteiger partial charge in [-0.15, -0.1) is 0 Å². The summed E-state index contributed by atoms with van der Waals surface area (Å²) in [6.45, 7) is 3.25. The zero-order valence-electron chi connectivity index (χ0n) is 9.98. The van der Waals surface area contributed by atoms with Gasteiger partial charge in [-0.1, -0.05) is 18.2 Å². The Hall–Kier alpha value is -1.81. The first-order valence-electron chi connectivity index (χ1n) is 5.61. The van der Waals surface area contributed by atoms with Gasteiger partial charge in [0, 0.05) is 5.70 Å². The highest BCUT2D eigenvalue weighted by molar-refractivity contribution is 6.32. The Kier molecular flexibility index (Phi) is 3.90. The molecule has 19 heavy (non-hydrogen) atoms. The van der Waals surface area contributed by atoms with Crippen molar-refractivity contribution in [3.8, 4) is 5.75 Å². The molecule has 1 N–H and O–H groups in total. The molecule has 100 valence electrons. The van der Waals surface area contributed by atoms with Crippen molar-refractivity contribution in [2.45, 2.75) is 6.43 Å². The second-order valence-electron chi connectivity index (χ2n) is 4.06. The van der Waals surface area contributed by atoms with E-state index >= 15 is 0 Å². The van der Waals surface area contributed by atoms with Gasteiger partial charge in [-0.2, -0.15) is 0 Å². The van der Waals surface area contributed by atoms with Crippen LogP contribution in [0.3, 0.4) is 0 Å². The highest BCUT2D eigenvalue weighted by atomic mass is 35.5. The standard InChI is InChI=1S/C14H12ClF2NO/c1-9-12(15)6-7-13(18(9)8-14(16)17)10-2-4-11(19)5-3-10/h2-7,14,19H,1,8H2. The number of hydrogen-bond donors (Lipinski definition) is 1. The van der Waals surface area contributed by atoms with Crippen LogP contribution in [0.2, 0.25) is 0 Å². The third kappa shape index (κ3) is 2.96. The minimum absolute atomic E-state index is 0.118. The van der Waals surface area contributed by atoms with Gasteiger partial charge in [0.25, 0.3) is 6.43 Å². The fourth-order valence-corrected chi connectivity index (χ4v) is 2.01. The van der Waals surface area contributed by atoms with Gasteiger partial charge >= 0.3 is 0 Å². The Morgan fingerprint density at radius 1 is 1.21 bits per heavy atom. The van der Waals surface area contributed by atoms with E-state index in [9.17, 15) is 13.9 Å². The third-order valence-corrected chi connectivity index (χ3v) is 3.11. The summed E-state index contributed by atoms with van der Waals surface area (Å²) < 4.78 is 25.3. The molecule has 1 aliphatic heterocycles. The molecule has 2 nitrogen and oxygen atoms in total. The molecule has 5 heteroatoms. The lowest BCUT2D eigenvalue weighted by atomic mass is 10.1. The Bertz CT molecular complexity index is 549. The zero-order chi connectivity index (χ0) is 14.0. The maximum absolute atomic E-state index is 12.7. The number of phenolic OH excluding ortho intramolecular Hbond substituents is 1. The van der Waals surface area contributed by atoms with Crippen molar-refractivity contribution in [2.75, 3.05) is 6.54 Å². The van der Waals surface area contributed by atoms with E-state index in [1.54, 1.807) is 24.3 Å². The highest BCUT2D eigenvalue weighted by Gasteiger charge is 2.23. The van der Waals surface area contributed by atoms with Crippen LogP contribution < -0.4 is 0 Å². The molecule has 1 aromatic carbocycles. The van der Waals surface area contributed by atoms with Gasteiger partial charge in [0.05, 0.1) is 17.3 Å². The van der Waals surface area contributed by atoms with Crippen LogP contribution in [0.4, 0.5) is 8.78 Å². The lowest BCUT2D eigenvalue weighted by molar-refractivity contribution is 0.123. The largest absolute Gasteiger partial charge is 0.508 e. The van der Waals surface area contributed by atoms with Gasteiger partial charge in [-0.3, -0.25) is 0 Å². The second kappa shape index (κ2) is 5.45. The SMILES string of the molecule is C=C1C(Cl)=CC=C(c2ccc(O)cc2)N1CC(F)F. The maximum Gasteiger partial charge on any atom is 0.256 e. The number of phenols is 1. The lowest BCUT2D eigenvalue weighted by Gasteiger charge is -2.31. The van der Waals surface area contributed by atoms with Crippen LogP contribution in [-0.4, -0.2) is 23.0 Å². The zero-order valence-corrected chi connectivity index (χ0v) is 10.7. The van der Waals surface area contributed by atoms with E-state index in [0.29, 0.717) is 22.0 Å². The summed E-state index contributed by atoms with van der Waals surface area (Å²) in [5, 5.41) is 9.59. The van der Waals surface area contributed by atoms with Crippen molar-refractivity contribution < 1.29 is 13.9 Å². The minimum atomic E-state index is -2.50. The van der Waals surface area contributed by atoms with Gasteiger partial charge in [-0.25, -0.2) is 8.78 Å². The van der Waals surface area contributed by atoms with E-state index in [0.717, 1.165) is 0 Å². The molecule has 0 atom stereocenters. The van der Waals surface area contributed by atoms with Crippen molar-refractivity contribution in [3.63, 3.8) is 0 Å². The number of aromatic hydroxyl groups is 1. The Labute approximate surface area is 114 Å². The van der Waals surface area contributed by atoms with Crippen molar-refractivity contribution >= 4 is 17.3 Å². The second-order valence-corrected chi connectivity index (χ2v) is 4.47. The average Bonchev–Trinajstić information content (AvgIpc) is 2.36. The summed E-state index contributed by atoms with van der Waals surface area (Å²) in [6.07, 6.45) is 0.777. The lowest BCUT2D eigenvalue weighted by Crippen LogP contribution is -2.28. The predicted octanol–water partition coefficient (Wildman–Crippen LogP) is 3.95. The molecule has 0 bridgehead atoms. The summed E-state index contributed by atoms with van der Waals surface area (Å²) in [5.74, 6) is 0.118. The van der Waals surface area contributed by atoms with Crippen LogP contribution in [0.1, 0.15) is 5.56 Å². The molecule has 0 unspecified atom stereocenters. The Morgan fingerprint density at radius 3 is 2.42 bits per heavy atom. The summed E-state index contributed by atoms with van der Waals surface area (Å²) in [5.41, 5.74) is 1.63. The van der Waals surface area contributed by atoms with E-state index in [2.05, 4.69) is 6.58 Å². The van der Waals surface area contributed by atoms with Crippen molar-refractivity contribution in [1.29, 1.82) is 0 Å². The molecule has 0 saturated carbocycles. The van der Waals surface area contributed by atoms with Gasteiger partial charge in [0.2, 0.25) is 0 Å². The van der Waals surface area contributed by atoms with Crippen LogP contribution >= 0.6 is 11.6 Å². The summed E-state index contributed by atoms with van der Waals surface area (Å²) in [7, 11) is 0. The fourth-order valence-electron chi connectivity index (χ4n) is 1.84. The minimum Gasteiger partial charge on any atom is -0.508 e. The van der Waals surface area contributed by atoms with E-state index in [1.807, 2.05) is 0 Å². The molecule has 2 rings (SSSR count). The molecule has 1 aliphatic rings. The topological polar surface area (TPSA) is 23.5 Å². The molecule has 0 fully saturated rings. The normalized spacial score (nSPS) is 15.6. The van der Waals surface area contributed by atoms with Crippen molar-refractivity contribution in [1.82, 2.24) is 4.90 Å². The van der Waals surface area contributed by atoms with Crippen LogP contribution in [-0.2, 0) is 0 Å². The number of rotatable bonds is 3. The monoisotopic (exact) mass is 283 g/mol. The van der Waals surface area contributed by atoms with Gasteiger partial charge < -0.3 is 10.0 Å². The van der Waals surface area contributed by atoms with Crippen LogP contribution in [0.5, 0.6) is 5.75 Å².